The Kier molecular flexibility index (Phi) is 6.26. The van der Waals surface area contributed by atoms with Gasteiger partial charge in [-0.05, 0) is 66.5 Å². The molecule has 3 nitrogen and oxygen atoms in total. The zero-order chi connectivity index (χ0) is 15.4. The summed E-state index contributed by atoms with van der Waals surface area (Å²) < 4.78 is 1.19. The van der Waals surface area contributed by atoms with Gasteiger partial charge >= 0.3 is 0 Å². The Morgan fingerprint density at radius 2 is 1.86 bits per heavy atom. The molecule has 0 unspecified atom stereocenters. The summed E-state index contributed by atoms with van der Waals surface area (Å²) in [7, 11) is 1.96. The molecular weight excluding hydrogens is 373 g/mol. The van der Waals surface area contributed by atoms with Crippen molar-refractivity contribution in [2.24, 2.45) is 11.8 Å². The van der Waals surface area contributed by atoms with E-state index < -0.39 is 0 Å². The van der Waals surface area contributed by atoms with Gasteiger partial charge in [-0.2, -0.15) is 0 Å². The second kappa shape index (κ2) is 7.75. The average Bonchev–Trinajstić information content (AvgIpc) is 2.49. The van der Waals surface area contributed by atoms with E-state index in [0.29, 0.717) is 5.92 Å². The lowest BCUT2D eigenvalue weighted by Crippen LogP contribution is -2.20. The van der Waals surface area contributed by atoms with Crippen LogP contribution in [0.3, 0.4) is 0 Å². The van der Waals surface area contributed by atoms with Gasteiger partial charge in [-0.3, -0.25) is 0 Å². The SMILES string of the molecule is CCCc1nc(C2CCC(C(C)C)CC2)nc(NC)c1I. The zero-order valence-electron chi connectivity index (χ0n) is 13.7. The predicted molar refractivity (Wildman–Crippen MR) is 97.8 cm³/mol. The fourth-order valence-electron chi connectivity index (χ4n) is 3.31. The molecule has 1 aliphatic carbocycles. The van der Waals surface area contributed by atoms with Crippen LogP contribution in [0.25, 0.3) is 0 Å². The van der Waals surface area contributed by atoms with Crippen molar-refractivity contribution < 1.29 is 0 Å². The molecule has 21 heavy (non-hydrogen) atoms. The summed E-state index contributed by atoms with van der Waals surface area (Å²) >= 11 is 2.38. The number of aromatic nitrogens is 2. The average molecular weight is 401 g/mol. The van der Waals surface area contributed by atoms with Gasteiger partial charge < -0.3 is 5.32 Å². The Labute approximate surface area is 142 Å². The van der Waals surface area contributed by atoms with Crippen LogP contribution in [0, 0.1) is 15.4 Å². The number of halogens is 1. The highest BCUT2D eigenvalue weighted by Crippen LogP contribution is 2.38. The minimum atomic E-state index is 0.555. The molecule has 0 aromatic carbocycles. The third-order valence-electron chi connectivity index (χ3n) is 4.74. The van der Waals surface area contributed by atoms with E-state index in [1.165, 1.54) is 34.9 Å². The molecule has 0 spiro atoms. The molecule has 0 saturated heterocycles. The molecule has 1 aliphatic rings. The van der Waals surface area contributed by atoms with Crippen LogP contribution in [0.5, 0.6) is 0 Å². The molecule has 1 fully saturated rings. The first-order valence-corrected chi connectivity index (χ1v) is 9.38. The van der Waals surface area contributed by atoms with Crippen LogP contribution in [-0.4, -0.2) is 17.0 Å². The molecule has 1 aromatic rings. The van der Waals surface area contributed by atoms with E-state index in [4.69, 9.17) is 9.97 Å². The van der Waals surface area contributed by atoms with Crippen molar-refractivity contribution in [1.29, 1.82) is 0 Å². The maximum absolute atomic E-state index is 4.91. The van der Waals surface area contributed by atoms with E-state index in [1.54, 1.807) is 0 Å². The smallest absolute Gasteiger partial charge is 0.143 e. The van der Waals surface area contributed by atoms with Crippen LogP contribution in [0.2, 0.25) is 0 Å². The third-order valence-corrected chi connectivity index (χ3v) is 5.87. The van der Waals surface area contributed by atoms with Crippen molar-refractivity contribution in [1.82, 2.24) is 9.97 Å². The van der Waals surface area contributed by atoms with Crippen LogP contribution in [0.15, 0.2) is 0 Å². The van der Waals surface area contributed by atoms with Crippen LogP contribution >= 0.6 is 22.6 Å². The fraction of sp³-hybridized carbons (Fsp3) is 0.765. The number of nitrogens with zero attached hydrogens (tertiary/aromatic N) is 2. The Bertz CT molecular complexity index is 465. The molecule has 4 heteroatoms. The Morgan fingerprint density at radius 3 is 2.38 bits per heavy atom. The van der Waals surface area contributed by atoms with Crippen LogP contribution in [-0.2, 0) is 6.42 Å². The van der Waals surface area contributed by atoms with Crippen molar-refractivity contribution in [3.63, 3.8) is 0 Å². The number of aryl methyl sites for hydroxylation is 1. The highest BCUT2D eigenvalue weighted by atomic mass is 127. The first kappa shape index (κ1) is 17.0. The quantitative estimate of drug-likeness (QED) is 0.706. The lowest BCUT2D eigenvalue weighted by atomic mass is 9.76. The van der Waals surface area contributed by atoms with Gasteiger partial charge in [-0.1, -0.05) is 27.2 Å². The largest absolute Gasteiger partial charge is 0.372 e. The highest BCUT2D eigenvalue weighted by molar-refractivity contribution is 14.1. The van der Waals surface area contributed by atoms with Gasteiger partial charge in [0.15, 0.2) is 0 Å². The first-order chi connectivity index (χ1) is 10.1. The van der Waals surface area contributed by atoms with E-state index in [2.05, 4.69) is 48.7 Å². The number of rotatable bonds is 5. The van der Waals surface area contributed by atoms with Crippen LogP contribution < -0.4 is 5.32 Å². The van der Waals surface area contributed by atoms with E-state index in [-0.39, 0.29) is 0 Å². The number of hydrogen-bond acceptors (Lipinski definition) is 3. The topological polar surface area (TPSA) is 37.8 Å². The van der Waals surface area contributed by atoms with Gasteiger partial charge in [0.1, 0.15) is 11.6 Å². The normalized spacial score (nSPS) is 22.6. The van der Waals surface area contributed by atoms with Crippen molar-refractivity contribution in [3.05, 3.63) is 15.1 Å². The fourth-order valence-corrected chi connectivity index (χ4v) is 4.09. The van der Waals surface area contributed by atoms with Gasteiger partial charge in [-0.25, -0.2) is 9.97 Å². The Balaban J connectivity index is 2.18. The van der Waals surface area contributed by atoms with Gasteiger partial charge in [0, 0.05) is 13.0 Å². The molecule has 0 atom stereocenters. The van der Waals surface area contributed by atoms with Gasteiger partial charge in [0.2, 0.25) is 0 Å². The maximum atomic E-state index is 4.91. The molecule has 1 aromatic heterocycles. The molecule has 0 radical (unpaired) electrons. The second-order valence-corrected chi connectivity index (χ2v) is 7.63. The van der Waals surface area contributed by atoms with Crippen molar-refractivity contribution >= 4 is 28.4 Å². The zero-order valence-corrected chi connectivity index (χ0v) is 15.9. The predicted octanol–water partition coefficient (Wildman–Crippen LogP) is 5.01. The monoisotopic (exact) mass is 401 g/mol. The van der Waals surface area contributed by atoms with Gasteiger partial charge in [-0.15, -0.1) is 0 Å². The van der Waals surface area contributed by atoms with E-state index >= 15 is 0 Å². The summed E-state index contributed by atoms with van der Waals surface area (Å²) in [6.07, 6.45) is 7.33. The molecule has 0 aliphatic heterocycles. The maximum Gasteiger partial charge on any atom is 0.143 e. The highest BCUT2D eigenvalue weighted by Gasteiger charge is 2.27. The Morgan fingerprint density at radius 1 is 1.19 bits per heavy atom. The Hall–Kier alpha value is -0.390. The molecule has 0 amide bonds. The minimum Gasteiger partial charge on any atom is -0.372 e. The lowest BCUT2D eigenvalue weighted by Gasteiger charge is -2.30. The molecule has 1 N–H and O–H groups in total. The van der Waals surface area contributed by atoms with Crippen LogP contribution in [0.4, 0.5) is 5.82 Å². The molecule has 0 bridgehead atoms. The molecular formula is C17H28IN3. The molecule has 118 valence electrons. The standard InChI is InChI=1S/C17H28IN3/c1-5-6-14-15(18)17(19-4)21-16(20-14)13-9-7-12(8-10-13)11(2)3/h11-13H,5-10H2,1-4H3,(H,19,20,21). The van der Waals surface area contributed by atoms with Crippen molar-refractivity contribution in [3.8, 4) is 0 Å². The van der Waals surface area contributed by atoms with Gasteiger partial charge in [0.25, 0.3) is 0 Å². The molecule has 1 heterocycles. The van der Waals surface area contributed by atoms with E-state index in [1.807, 2.05) is 7.05 Å². The summed E-state index contributed by atoms with van der Waals surface area (Å²) in [5, 5.41) is 3.24. The van der Waals surface area contributed by atoms with E-state index in [9.17, 15) is 0 Å². The van der Waals surface area contributed by atoms with Crippen molar-refractivity contribution in [2.45, 2.75) is 65.2 Å². The summed E-state index contributed by atoms with van der Waals surface area (Å²) in [6, 6.07) is 0. The first-order valence-electron chi connectivity index (χ1n) is 8.30. The van der Waals surface area contributed by atoms with Gasteiger partial charge in [0.05, 0.1) is 9.26 Å². The lowest BCUT2D eigenvalue weighted by molar-refractivity contribution is 0.254. The number of hydrogen-bond donors (Lipinski definition) is 1. The van der Waals surface area contributed by atoms with E-state index in [0.717, 1.165) is 36.3 Å². The second-order valence-electron chi connectivity index (χ2n) is 6.55. The summed E-state index contributed by atoms with van der Waals surface area (Å²) in [5.74, 6) is 4.34. The molecule has 1 saturated carbocycles. The van der Waals surface area contributed by atoms with Crippen LogP contribution in [0.1, 0.15) is 70.3 Å². The third kappa shape index (κ3) is 4.08. The number of nitrogens with one attached hydrogen (secondary N) is 1. The summed E-state index contributed by atoms with van der Waals surface area (Å²) in [5.41, 5.74) is 1.22. The number of anilines is 1. The summed E-state index contributed by atoms with van der Waals surface area (Å²) in [6.45, 7) is 6.92. The van der Waals surface area contributed by atoms with Crippen molar-refractivity contribution in [2.75, 3.05) is 12.4 Å². The minimum absolute atomic E-state index is 0.555. The summed E-state index contributed by atoms with van der Waals surface area (Å²) in [4.78, 5) is 9.70. The molecule has 2 rings (SSSR count).